The van der Waals surface area contributed by atoms with E-state index in [-0.39, 0.29) is 17.2 Å². The van der Waals surface area contributed by atoms with Gasteiger partial charge in [0.1, 0.15) is 0 Å². The second-order valence-corrected chi connectivity index (χ2v) is 9.22. The summed E-state index contributed by atoms with van der Waals surface area (Å²) in [6, 6.07) is 17.0. The molecule has 0 atom stereocenters. The van der Waals surface area contributed by atoms with E-state index in [4.69, 9.17) is 0 Å². The predicted molar refractivity (Wildman–Crippen MR) is 113 cm³/mol. The molecule has 0 fully saturated rings. The molecule has 0 aliphatic carbocycles. The van der Waals surface area contributed by atoms with Gasteiger partial charge in [0.25, 0.3) is 0 Å². The van der Waals surface area contributed by atoms with Crippen LogP contribution < -0.4 is 5.32 Å². The van der Waals surface area contributed by atoms with Gasteiger partial charge in [-0.15, -0.1) is 0 Å². The third-order valence-corrected chi connectivity index (χ3v) is 6.72. The first-order valence-electron chi connectivity index (χ1n) is 9.00. The van der Waals surface area contributed by atoms with Crippen molar-refractivity contribution in [1.29, 1.82) is 0 Å². The topological polar surface area (TPSA) is 66.5 Å². The molecule has 0 saturated carbocycles. The third-order valence-electron chi connectivity index (χ3n) is 4.92. The van der Waals surface area contributed by atoms with E-state index in [0.29, 0.717) is 5.69 Å². The van der Waals surface area contributed by atoms with Gasteiger partial charge in [-0.25, -0.2) is 12.7 Å². The fourth-order valence-electron chi connectivity index (χ4n) is 3.13. The van der Waals surface area contributed by atoms with Crippen LogP contribution in [0.3, 0.4) is 0 Å². The zero-order chi connectivity index (χ0) is 20.5. The Morgan fingerprint density at radius 3 is 2.39 bits per heavy atom. The molecule has 28 heavy (non-hydrogen) atoms. The highest BCUT2D eigenvalue weighted by molar-refractivity contribution is 7.89. The summed E-state index contributed by atoms with van der Waals surface area (Å²) < 4.78 is 26.1. The van der Waals surface area contributed by atoms with E-state index in [1.165, 1.54) is 24.5 Å². The minimum Gasteiger partial charge on any atom is -0.326 e. The maximum atomic E-state index is 12.7. The standard InChI is InChI=1S/C22H24N2O3S/c1-15-12-19(28(26,27)24(3)4)14-21(16(15)2)23-22(25)13-18-10-7-9-17-8-5-6-11-20(17)18/h5-12,14H,13H2,1-4H3,(H,23,25). The van der Waals surface area contributed by atoms with Crippen molar-refractivity contribution in [2.45, 2.75) is 25.2 Å². The van der Waals surface area contributed by atoms with Crippen molar-refractivity contribution < 1.29 is 13.2 Å². The van der Waals surface area contributed by atoms with Crippen LogP contribution in [-0.4, -0.2) is 32.7 Å². The summed E-state index contributed by atoms with van der Waals surface area (Å²) in [5.74, 6) is -0.182. The van der Waals surface area contributed by atoms with Gasteiger partial charge >= 0.3 is 0 Å². The van der Waals surface area contributed by atoms with Gasteiger partial charge in [-0.1, -0.05) is 42.5 Å². The number of benzene rings is 3. The van der Waals surface area contributed by atoms with Crippen LogP contribution in [0.5, 0.6) is 0 Å². The summed E-state index contributed by atoms with van der Waals surface area (Å²) in [4.78, 5) is 12.9. The normalized spacial score (nSPS) is 11.8. The summed E-state index contributed by atoms with van der Waals surface area (Å²) in [5.41, 5.74) is 3.11. The first-order valence-corrected chi connectivity index (χ1v) is 10.4. The Balaban J connectivity index is 1.91. The number of amides is 1. The van der Waals surface area contributed by atoms with Gasteiger partial charge in [-0.3, -0.25) is 4.79 Å². The molecule has 1 amide bonds. The number of carbonyl (C=O) groups is 1. The average molecular weight is 397 g/mol. The van der Waals surface area contributed by atoms with E-state index in [9.17, 15) is 13.2 Å². The number of carbonyl (C=O) groups excluding carboxylic acids is 1. The summed E-state index contributed by atoms with van der Waals surface area (Å²) in [7, 11) is -0.601. The SMILES string of the molecule is Cc1cc(S(=O)(=O)N(C)C)cc(NC(=O)Cc2cccc3ccccc23)c1C. The van der Waals surface area contributed by atoms with Crippen molar-refractivity contribution in [2.75, 3.05) is 19.4 Å². The smallest absolute Gasteiger partial charge is 0.242 e. The van der Waals surface area contributed by atoms with Crippen LogP contribution in [0.1, 0.15) is 16.7 Å². The number of nitrogens with one attached hydrogen (secondary N) is 1. The Labute approximate surface area is 166 Å². The molecule has 0 aliphatic rings. The van der Waals surface area contributed by atoms with Crippen molar-refractivity contribution >= 4 is 32.4 Å². The number of hydrogen-bond donors (Lipinski definition) is 1. The molecule has 0 unspecified atom stereocenters. The molecule has 3 aromatic carbocycles. The molecule has 6 heteroatoms. The number of nitrogens with zero attached hydrogens (tertiary/aromatic N) is 1. The fraction of sp³-hybridized carbons (Fsp3) is 0.227. The number of aryl methyl sites for hydroxylation is 1. The molecule has 0 aliphatic heterocycles. The van der Waals surface area contributed by atoms with E-state index < -0.39 is 10.0 Å². The zero-order valence-electron chi connectivity index (χ0n) is 16.5. The Hall–Kier alpha value is -2.70. The zero-order valence-corrected chi connectivity index (χ0v) is 17.3. The van der Waals surface area contributed by atoms with E-state index in [0.717, 1.165) is 27.5 Å². The van der Waals surface area contributed by atoms with E-state index >= 15 is 0 Å². The Morgan fingerprint density at radius 1 is 1.00 bits per heavy atom. The lowest BCUT2D eigenvalue weighted by Crippen LogP contribution is -2.23. The summed E-state index contributed by atoms with van der Waals surface area (Å²) in [6.45, 7) is 3.71. The first kappa shape index (κ1) is 20.0. The van der Waals surface area contributed by atoms with Crippen molar-refractivity contribution in [3.8, 4) is 0 Å². The van der Waals surface area contributed by atoms with Crippen LogP contribution >= 0.6 is 0 Å². The van der Waals surface area contributed by atoms with Gasteiger partial charge in [0.2, 0.25) is 15.9 Å². The first-order chi connectivity index (χ1) is 13.2. The molecule has 5 nitrogen and oxygen atoms in total. The van der Waals surface area contributed by atoms with Crippen molar-refractivity contribution in [1.82, 2.24) is 4.31 Å². The highest BCUT2D eigenvalue weighted by atomic mass is 32.2. The van der Waals surface area contributed by atoms with Gasteiger partial charge in [-0.05, 0) is 53.4 Å². The fourth-order valence-corrected chi connectivity index (χ4v) is 4.14. The molecule has 0 saturated heterocycles. The molecule has 0 radical (unpaired) electrons. The minimum atomic E-state index is -3.58. The molecular weight excluding hydrogens is 372 g/mol. The van der Waals surface area contributed by atoms with Crippen molar-refractivity contribution in [2.24, 2.45) is 0 Å². The lowest BCUT2D eigenvalue weighted by molar-refractivity contribution is -0.115. The lowest BCUT2D eigenvalue weighted by Gasteiger charge is -2.16. The lowest BCUT2D eigenvalue weighted by atomic mass is 10.0. The second-order valence-electron chi connectivity index (χ2n) is 7.06. The van der Waals surface area contributed by atoms with Crippen molar-refractivity contribution in [3.63, 3.8) is 0 Å². The quantitative estimate of drug-likeness (QED) is 0.712. The number of rotatable bonds is 5. The van der Waals surface area contributed by atoms with E-state index in [1.807, 2.05) is 56.3 Å². The van der Waals surface area contributed by atoms with Crippen LogP contribution in [0.15, 0.2) is 59.5 Å². The molecule has 3 aromatic rings. The van der Waals surface area contributed by atoms with Gasteiger partial charge in [0.05, 0.1) is 11.3 Å². The molecule has 0 heterocycles. The predicted octanol–water partition coefficient (Wildman–Crippen LogP) is 3.89. The summed E-state index contributed by atoms with van der Waals surface area (Å²) in [6.07, 6.45) is 0.213. The molecule has 1 N–H and O–H groups in total. The second kappa shape index (κ2) is 7.73. The number of hydrogen-bond acceptors (Lipinski definition) is 3. The maximum Gasteiger partial charge on any atom is 0.242 e. The molecule has 146 valence electrons. The Morgan fingerprint density at radius 2 is 1.68 bits per heavy atom. The maximum absolute atomic E-state index is 12.7. The van der Waals surface area contributed by atoms with E-state index in [1.54, 1.807) is 6.07 Å². The average Bonchev–Trinajstić information content (AvgIpc) is 2.65. The highest BCUT2D eigenvalue weighted by Gasteiger charge is 2.20. The molecule has 0 aromatic heterocycles. The van der Waals surface area contributed by atoms with Crippen LogP contribution in [0.2, 0.25) is 0 Å². The molecule has 0 spiro atoms. The van der Waals surface area contributed by atoms with Gasteiger partial charge in [0, 0.05) is 19.8 Å². The van der Waals surface area contributed by atoms with Crippen LogP contribution in [-0.2, 0) is 21.2 Å². The largest absolute Gasteiger partial charge is 0.326 e. The van der Waals surface area contributed by atoms with Gasteiger partial charge in [0.15, 0.2) is 0 Å². The minimum absolute atomic E-state index is 0.168. The molecular formula is C22H24N2O3S. The van der Waals surface area contributed by atoms with Gasteiger partial charge < -0.3 is 5.32 Å². The molecule has 3 rings (SSSR count). The Bertz CT molecular complexity index is 1150. The van der Waals surface area contributed by atoms with E-state index in [2.05, 4.69) is 5.32 Å². The Kier molecular flexibility index (Phi) is 5.54. The molecule has 0 bridgehead atoms. The van der Waals surface area contributed by atoms with Crippen molar-refractivity contribution in [3.05, 3.63) is 71.3 Å². The number of fused-ring (bicyclic) bond motifs is 1. The summed E-state index contributed by atoms with van der Waals surface area (Å²) in [5, 5.41) is 5.01. The van der Waals surface area contributed by atoms with Crippen LogP contribution in [0.25, 0.3) is 10.8 Å². The highest BCUT2D eigenvalue weighted by Crippen LogP contribution is 2.26. The summed E-state index contributed by atoms with van der Waals surface area (Å²) >= 11 is 0. The van der Waals surface area contributed by atoms with Crippen LogP contribution in [0.4, 0.5) is 5.69 Å². The third kappa shape index (κ3) is 3.93. The number of sulfonamides is 1. The number of anilines is 1. The van der Waals surface area contributed by atoms with Crippen LogP contribution in [0, 0.1) is 13.8 Å². The monoisotopic (exact) mass is 396 g/mol. The van der Waals surface area contributed by atoms with Gasteiger partial charge in [-0.2, -0.15) is 0 Å².